The van der Waals surface area contributed by atoms with E-state index in [2.05, 4.69) is 18.3 Å². The number of nitrogens with one attached hydrogen (secondary N) is 1. The first-order chi connectivity index (χ1) is 9.54. The predicted octanol–water partition coefficient (Wildman–Crippen LogP) is 5.87. The van der Waals surface area contributed by atoms with Gasteiger partial charge in [-0.05, 0) is 37.1 Å². The average Bonchev–Trinajstić information content (AvgIpc) is 2.44. The van der Waals surface area contributed by atoms with Crippen molar-refractivity contribution in [3.63, 3.8) is 0 Å². The molecule has 0 bridgehead atoms. The van der Waals surface area contributed by atoms with Crippen LogP contribution in [0.2, 0.25) is 10.0 Å². The van der Waals surface area contributed by atoms with Crippen LogP contribution >= 0.6 is 23.2 Å². The quantitative estimate of drug-likeness (QED) is 0.696. The number of rotatable bonds is 4. The Balaban J connectivity index is 2.33. The first-order valence-corrected chi connectivity index (χ1v) is 7.28. The molecule has 0 radical (unpaired) electrons. The lowest BCUT2D eigenvalue weighted by Crippen LogP contribution is -2.10. The first kappa shape index (κ1) is 15.1. The molecule has 1 atom stereocenters. The Hall–Kier alpha value is -1.25. The zero-order chi connectivity index (χ0) is 14.7. The van der Waals surface area contributed by atoms with Gasteiger partial charge in [0.1, 0.15) is 5.82 Å². The van der Waals surface area contributed by atoms with Crippen LogP contribution in [0.25, 0.3) is 0 Å². The zero-order valence-corrected chi connectivity index (χ0v) is 12.9. The summed E-state index contributed by atoms with van der Waals surface area (Å²) in [5.74, 6) is -0.455. The van der Waals surface area contributed by atoms with E-state index in [4.69, 9.17) is 23.2 Å². The highest BCUT2D eigenvalue weighted by Crippen LogP contribution is 2.34. The maximum atomic E-state index is 13.6. The van der Waals surface area contributed by atoms with Crippen LogP contribution in [-0.4, -0.2) is 0 Å². The Morgan fingerprint density at radius 1 is 1.15 bits per heavy atom. The highest BCUT2D eigenvalue weighted by molar-refractivity contribution is 6.36. The molecule has 2 aromatic rings. The van der Waals surface area contributed by atoms with Gasteiger partial charge in [0.25, 0.3) is 0 Å². The lowest BCUT2D eigenvalue weighted by molar-refractivity contribution is 0.624. The van der Waals surface area contributed by atoms with Gasteiger partial charge in [0, 0.05) is 16.3 Å². The van der Waals surface area contributed by atoms with Crippen LogP contribution in [0.5, 0.6) is 0 Å². The third-order valence-corrected chi connectivity index (χ3v) is 4.00. The zero-order valence-electron chi connectivity index (χ0n) is 11.4. The molecule has 0 heterocycles. The second kappa shape index (κ2) is 6.47. The van der Waals surface area contributed by atoms with Crippen LogP contribution in [0.3, 0.4) is 0 Å². The van der Waals surface area contributed by atoms with E-state index < -0.39 is 5.82 Å². The fourth-order valence-corrected chi connectivity index (χ4v) is 2.91. The lowest BCUT2D eigenvalue weighted by atomic mass is 10.1. The fourth-order valence-electron chi connectivity index (χ4n) is 2.21. The summed E-state index contributed by atoms with van der Waals surface area (Å²) in [4.78, 5) is 0. The summed E-state index contributed by atoms with van der Waals surface area (Å²) >= 11 is 12.2. The maximum Gasteiger partial charge on any atom is 0.142 e. The molecule has 0 saturated carbocycles. The number of hydrogen-bond donors (Lipinski definition) is 1. The molecule has 0 aliphatic rings. The van der Waals surface area contributed by atoms with E-state index in [0.717, 1.165) is 12.1 Å². The normalized spacial score (nSPS) is 12.2. The predicted molar refractivity (Wildman–Crippen MR) is 84.3 cm³/mol. The highest BCUT2D eigenvalue weighted by atomic mass is 35.5. The minimum absolute atomic E-state index is 0.0754. The van der Waals surface area contributed by atoms with Crippen molar-refractivity contribution < 1.29 is 4.39 Å². The number of benzene rings is 2. The van der Waals surface area contributed by atoms with Crippen molar-refractivity contribution in [3.05, 3.63) is 63.4 Å². The third kappa shape index (κ3) is 3.08. The number of anilines is 1. The van der Waals surface area contributed by atoms with Gasteiger partial charge in [0.15, 0.2) is 0 Å². The molecule has 4 heteroatoms. The van der Waals surface area contributed by atoms with Gasteiger partial charge in [-0.15, -0.1) is 0 Å². The molecule has 1 N–H and O–H groups in total. The Kier molecular flexibility index (Phi) is 4.90. The summed E-state index contributed by atoms with van der Waals surface area (Å²) in [7, 11) is 0. The molecular weight excluding hydrogens is 296 g/mol. The fraction of sp³-hybridized carbons (Fsp3) is 0.250. The smallest absolute Gasteiger partial charge is 0.142 e. The van der Waals surface area contributed by atoms with Gasteiger partial charge in [-0.25, -0.2) is 4.39 Å². The van der Waals surface area contributed by atoms with Crippen LogP contribution in [0.4, 0.5) is 10.1 Å². The highest BCUT2D eigenvalue weighted by Gasteiger charge is 2.17. The van der Waals surface area contributed by atoms with E-state index in [0.29, 0.717) is 10.6 Å². The third-order valence-electron chi connectivity index (χ3n) is 3.28. The van der Waals surface area contributed by atoms with E-state index in [1.807, 2.05) is 25.1 Å². The molecule has 1 unspecified atom stereocenters. The molecule has 2 rings (SSSR count). The molecule has 0 aliphatic heterocycles. The molecular formula is C16H16Cl2FN. The monoisotopic (exact) mass is 311 g/mol. The van der Waals surface area contributed by atoms with E-state index in [9.17, 15) is 4.39 Å². The van der Waals surface area contributed by atoms with E-state index in [1.165, 1.54) is 17.7 Å². The van der Waals surface area contributed by atoms with Crippen molar-refractivity contribution in [1.29, 1.82) is 0 Å². The van der Waals surface area contributed by atoms with Gasteiger partial charge in [0.2, 0.25) is 0 Å². The number of hydrogen-bond acceptors (Lipinski definition) is 1. The van der Waals surface area contributed by atoms with Gasteiger partial charge < -0.3 is 5.32 Å². The van der Waals surface area contributed by atoms with Crippen LogP contribution in [0.1, 0.15) is 31.0 Å². The molecule has 1 nitrogen and oxygen atoms in total. The molecule has 0 fully saturated rings. The van der Waals surface area contributed by atoms with Gasteiger partial charge >= 0.3 is 0 Å². The molecule has 2 aromatic carbocycles. The number of para-hydroxylation sites is 1. The molecule has 106 valence electrons. The minimum Gasteiger partial charge on any atom is -0.378 e. The maximum absolute atomic E-state index is 13.6. The molecule has 0 aliphatic carbocycles. The summed E-state index contributed by atoms with van der Waals surface area (Å²) in [5.41, 5.74) is 2.79. The van der Waals surface area contributed by atoms with E-state index in [1.54, 1.807) is 0 Å². The Labute approximate surface area is 128 Å². The second-order valence-electron chi connectivity index (χ2n) is 4.63. The van der Waals surface area contributed by atoms with Gasteiger partial charge in [0.05, 0.1) is 11.1 Å². The summed E-state index contributed by atoms with van der Waals surface area (Å²) in [5, 5.41) is 3.89. The van der Waals surface area contributed by atoms with Gasteiger partial charge in [-0.2, -0.15) is 0 Å². The van der Waals surface area contributed by atoms with E-state index >= 15 is 0 Å². The van der Waals surface area contributed by atoms with Gasteiger partial charge in [-0.1, -0.05) is 48.3 Å². The van der Waals surface area contributed by atoms with Crippen molar-refractivity contribution in [2.45, 2.75) is 26.3 Å². The Morgan fingerprint density at radius 2 is 1.85 bits per heavy atom. The molecule has 0 aromatic heterocycles. The van der Waals surface area contributed by atoms with E-state index in [-0.39, 0.29) is 11.1 Å². The van der Waals surface area contributed by atoms with Crippen molar-refractivity contribution in [2.24, 2.45) is 0 Å². The second-order valence-corrected chi connectivity index (χ2v) is 5.42. The van der Waals surface area contributed by atoms with Crippen LogP contribution < -0.4 is 5.32 Å². The molecule has 0 saturated heterocycles. The van der Waals surface area contributed by atoms with Crippen LogP contribution in [0, 0.1) is 5.82 Å². The topological polar surface area (TPSA) is 12.0 Å². The van der Waals surface area contributed by atoms with Crippen molar-refractivity contribution in [2.75, 3.05) is 5.32 Å². The largest absolute Gasteiger partial charge is 0.378 e. The minimum atomic E-state index is -0.455. The van der Waals surface area contributed by atoms with Gasteiger partial charge in [-0.3, -0.25) is 0 Å². The molecule has 20 heavy (non-hydrogen) atoms. The lowest BCUT2D eigenvalue weighted by Gasteiger charge is -2.20. The summed E-state index contributed by atoms with van der Waals surface area (Å²) in [6, 6.07) is 10.6. The molecule has 0 amide bonds. The Bertz CT molecular complexity index is 613. The van der Waals surface area contributed by atoms with Crippen LogP contribution in [-0.2, 0) is 6.42 Å². The SMILES string of the molecule is CCc1ccccc1NC(C)c1c(Cl)ccc(F)c1Cl. The number of halogens is 3. The van der Waals surface area contributed by atoms with Crippen molar-refractivity contribution >= 4 is 28.9 Å². The summed E-state index contributed by atoms with van der Waals surface area (Å²) in [6.07, 6.45) is 0.917. The first-order valence-electron chi connectivity index (χ1n) is 6.52. The summed E-state index contributed by atoms with van der Waals surface area (Å²) in [6.45, 7) is 4.01. The number of aryl methyl sites for hydroxylation is 1. The van der Waals surface area contributed by atoms with Crippen LogP contribution in [0.15, 0.2) is 36.4 Å². The average molecular weight is 312 g/mol. The Morgan fingerprint density at radius 3 is 2.55 bits per heavy atom. The standard InChI is InChI=1S/C16H16Cl2FN/c1-3-11-6-4-5-7-14(11)20-10(2)15-12(17)8-9-13(19)16(15)18/h4-10,20H,3H2,1-2H3. The van der Waals surface area contributed by atoms with Crippen molar-refractivity contribution in [1.82, 2.24) is 0 Å². The summed E-state index contributed by atoms with van der Waals surface area (Å²) < 4.78 is 13.6. The van der Waals surface area contributed by atoms with Crippen molar-refractivity contribution in [3.8, 4) is 0 Å². The molecule has 0 spiro atoms.